The quantitative estimate of drug-likeness (QED) is 0.672. The molecule has 5 nitrogen and oxygen atoms in total. The van der Waals surface area contributed by atoms with E-state index in [0.29, 0.717) is 18.0 Å². The van der Waals surface area contributed by atoms with Crippen molar-refractivity contribution in [2.75, 3.05) is 7.05 Å². The van der Waals surface area contributed by atoms with Gasteiger partial charge in [-0.2, -0.15) is 0 Å². The van der Waals surface area contributed by atoms with Crippen molar-refractivity contribution in [1.82, 2.24) is 5.32 Å². The average Bonchev–Trinajstić information content (AvgIpc) is 2.37. The minimum atomic E-state index is -0.584. The Bertz CT molecular complexity index is 679. The number of nitrogens with one attached hydrogen (secondary N) is 1. The number of nitrogens with zero attached hydrogens (tertiary/aromatic N) is 1. The SMILES string of the molecule is CNCc1cc(F)cc(Oc2ccc([N+](=O)[O-])c(Cl)c2)c1. The van der Waals surface area contributed by atoms with Crippen molar-refractivity contribution in [3.05, 3.63) is 62.9 Å². The van der Waals surface area contributed by atoms with E-state index in [1.807, 2.05) is 0 Å². The van der Waals surface area contributed by atoms with Gasteiger partial charge in [-0.1, -0.05) is 11.6 Å². The third-order valence-electron chi connectivity index (χ3n) is 2.66. The molecule has 2 aromatic carbocycles. The molecule has 2 aromatic rings. The lowest BCUT2D eigenvalue weighted by Crippen LogP contribution is -2.05. The lowest BCUT2D eigenvalue weighted by Gasteiger charge is -2.08. The third kappa shape index (κ3) is 3.90. The molecule has 0 aliphatic heterocycles. The van der Waals surface area contributed by atoms with Crippen molar-refractivity contribution < 1.29 is 14.1 Å². The molecule has 0 aliphatic carbocycles. The van der Waals surface area contributed by atoms with E-state index < -0.39 is 10.7 Å². The number of ether oxygens (including phenoxy) is 1. The first kappa shape index (κ1) is 15.2. The van der Waals surface area contributed by atoms with Gasteiger partial charge in [-0.05, 0) is 30.8 Å². The van der Waals surface area contributed by atoms with Crippen LogP contribution in [0.15, 0.2) is 36.4 Å². The molecule has 0 amide bonds. The first-order valence-corrected chi connectivity index (χ1v) is 6.43. The van der Waals surface area contributed by atoms with Crippen LogP contribution in [0.1, 0.15) is 5.56 Å². The third-order valence-corrected chi connectivity index (χ3v) is 2.97. The molecule has 7 heteroatoms. The van der Waals surface area contributed by atoms with E-state index in [-0.39, 0.29) is 10.7 Å². The van der Waals surface area contributed by atoms with E-state index in [1.165, 1.54) is 30.3 Å². The molecule has 0 atom stereocenters. The molecule has 0 spiro atoms. The predicted octanol–water partition coefficient (Wildman–Crippen LogP) is 3.90. The van der Waals surface area contributed by atoms with Gasteiger partial charge in [0.05, 0.1) is 4.92 Å². The molecule has 0 radical (unpaired) electrons. The number of nitro benzene ring substituents is 1. The van der Waals surface area contributed by atoms with Gasteiger partial charge in [0.2, 0.25) is 0 Å². The number of hydrogen-bond acceptors (Lipinski definition) is 4. The molecule has 110 valence electrons. The summed E-state index contributed by atoms with van der Waals surface area (Å²) in [5.41, 5.74) is 0.514. The zero-order chi connectivity index (χ0) is 15.4. The van der Waals surface area contributed by atoms with Crippen LogP contribution in [-0.2, 0) is 6.54 Å². The maximum absolute atomic E-state index is 13.5. The van der Waals surface area contributed by atoms with Gasteiger partial charge in [0.25, 0.3) is 5.69 Å². The molecule has 0 saturated heterocycles. The van der Waals surface area contributed by atoms with Gasteiger partial charge in [0.15, 0.2) is 0 Å². The van der Waals surface area contributed by atoms with E-state index in [4.69, 9.17) is 16.3 Å². The number of halogens is 2. The summed E-state index contributed by atoms with van der Waals surface area (Å²) in [6.45, 7) is 0.495. The normalized spacial score (nSPS) is 10.4. The van der Waals surface area contributed by atoms with Gasteiger partial charge < -0.3 is 10.1 Å². The molecular weight excluding hydrogens is 299 g/mol. The van der Waals surface area contributed by atoms with E-state index in [0.717, 1.165) is 5.56 Å². The van der Waals surface area contributed by atoms with Crippen molar-refractivity contribution >= 4 is 17.3 Å². The van der Waals surface area contributed by atoms with Crippen LogP contribution in [0.2, 0.25) is 5.02 Å². The van der Waals surface area contributed by atoms with Gasteiger partial charge in [0, 0.05) is 24.7 Å². The molecule has 0 saturated carbocycles. The average molecular weight is 311 g/mol. The Morgan fingerprint density at radius 1 is 1.29 bits per heavy atom. The predicted molar refractivity (Wildman–Crippen MR) is 77.3 cm³/mol. The fourth-order valence-electron chi connectivity index (χ4n) is 1.82. The highest BCUT2D eigenvalue weighted by atomic mass is 35.5. The molecule has 1 N–H and O–H groups in total. The van der Waals surface area contributed by atoms with Gasteiger partial charge in [-0.15, -0.1) is 0 Å². The van der Waals surface area contributed by atoms with Crippen molar-refractivity contribution in [3.63, 3.8) is 0 Å². The van der Waals surface area contributed by atoms with E-state index in [2.05, 4.69) is 5.32 Å². The van der Waals surface area contributed by atoms with Crippen LogP contribution in [0.5, 0.6) is 11.5 Å². The summed E-state index contributed by atoms with van der Waals surface area (Å²) in [6, 6.07) is 8.27. The highest BCUT2D eigenvalue weighted by Gasteiger charge is 2.13. The minimum Gasteiger partial charge on any atom is -0.457 e. The second-order valence-corrected chi connectivity index (χ2v) is 4.71. The van der Waals surface area contributed by atoms with Crippen LogP contribution >= 0.6 is 11.6 Å². The minimum absolute atomic E-state index is 0.0376. The van der Waals surface area contributed by atoms with Crippen LogP contribution in [0.3, 0.4) is 0 Å². The molecular formula is C14H12ClFN2O3. The van der Waals surface area contributed by atoms with Crippen molar-refractivity contribution in [1.29, 1.82) is 0 Å². The Morgan fingerprint density at radius 3 is 2.67 bits per heavy atom. The fraction of sp³-hybridized carbons (Fsp3) is 0.143. The van der Waals surface area contributed by atoms with Crippen molar-refractivity contribution in [3.8, 4) is 11.5 Å². The first-order valence-electron chi connectivity index (χ1n) is 6.05. The number of nitro groups is 1. The Kier molecular flexibility index (Phi) is 4.72. The van der Waals surface area contributed by atoms with Crippen LogP contribution < -0.4 is 10.1 Å². The largest absolute Gasteiger partial charge is 0.457 e. The van der Waals surface area contributed by atoms with Crippen molar-refractivity contribution in [2.24, 2.45) is 0 Å². The summed E-state index contributed by atoms with van der Waals surface area (Å²) in [7, 11) is 1.75. The van der Waals surface area contributed by atoms with Gasteiger partial charge in [0.1, 0.15) is 22.3 Å². The lowest BCUT2D eigenvalue weighted by atomic mass is 10.2. The number of rotatable bonds is 5. The molecule has 0 aliphatic rings. The van der Waals surface area contributed by atoms with E-state index in [9.17, 15) is 14.5 Å². The lowest BCUT2D eigenvalue weighted by molar-refractivity contribution is -0.384. The highest BCUT2D eigenvalue weighted by molar-refractivity contribution is 6.32. The van der Waals surface area contributed by atoms with E-state index in [1.54, 1.807) is 13.1 Å². The van der Waals surface area contributed by atoms with Gasteiger partial charge in [-0.3, -0.25) is 10.1 Å². The van der Waals surface area contributed by atoms with E-state index >= 15 is 0 Å². The topological polar surface area (TPSA) is 64.4 Å². The Labute approximate surface area is 125 Å². The Morgan fingerprint density at radius 2 is 2.05 bits per heavy atom. The zero-order valence-electron chi connectivity index (χ0n) is 11.1. The summed E-state index contributed by atoms with van der Waals surface area (Å²) in [5, 5.41) is 13.6. The van der Waals surface area contributed by atoms with Crippen LogP contribution in [-0.4, -0.2) is 12.0 Å². The van der Waals surface area contributed by atoms with Crippen LogP contribution in [0.25, 0.3) is 0 Å². The maximum atomic E-state index is 13.5. The summed E-state index contributed by atoms with van der Waals surface area (Å²) in [5.74, 6) is 0.169. The van der Waals surface area contributed by atoms with Gasteiger partial charge in [-0.25, -0.2) is 4.39 Å². The zero-order valence-corrected chi connectivity index (χ0v) is 11.9. The molecule has 0 bridgehead atoms. The maximum Gasteiger partial charge on any atom is 0.288 e. The fourth-order valence-corrected chi connectivity index (χ4v) is 2.06. The molecule has 0 heterocycles. The van der Waals surface area contributed by atoms with Crippen molar-refractivity contribution in [2.45, 2.75) is 6.54 Å². The second kappa shape index (κ2) is 6.51. The first-order chi connectivity index (χ1) is 9.99. The number of hydrogen-bond donors (Lipinski definition) is 1. The molecule has 21 heavy (non-hydrogen) atoms. The smallest absolute Gasteiger partial charge is 0.288 e. The molecule has 2 rings (SSSR count). The summed E-state index contributed by atoms with van der Waals surface area (Å²) in [6.07, 6.45) is 0. The molecule has 0 aromatic heterocycles. The van der Waals surface area contributed by atoms with Crippen LogP contribution in [0, 0.1) is 15.9 Å². The second-order valence-electron chi connectivity index (χ2n) is 4.30. The van der Waals surface area contributed by atoms with Crippen LogP contribution in [0.4, 0.5) is 10.1 Å². The molecule has 0 unspecified atom stereocenters. The summed E-state index contributed by atoms with van der Waals surface area (Å²) >= 11 is 5.80. The Hall–Kier alpha value is -2.18. The molecule has 0 fully saturated rings. The number of benzene rings is 2. The standard InChI is InChI=1S/C14H12ClFN2O3/c1-17-8-9-4-10(16)6-12(5-9)21-11-2-3-14(18(19)20)13(15)7-11/h2-7,17H,8H2,1H3. The summed E-state index contributed by atoms with van der Waals surface area (Å²) < 4.78 is 19.0. The monoisotopic (exact) mass is 310 g/mol. The summed E-state index contributed by atoms with van der Waals surface area (Å²) in [4.78, 5) is 10.1. The Balaban J connectivity index is 2.25. The van der Waals surface area contributed by atoms with Gasteiger partial charge >= 0.3 is 0 Å². The highest BCUT2D eigenvalue weighted by Crippen LogP contribution is 2.31.